The van der Waals surface area contributed by atoms with Crippen LogP contribution in [-0.4, -0.2) is 35.7 Å². The summed E-state index contributed by atoms with van der Waals surface area (Å²) in [5.41, 5.74) is 1.52. The van der Waals surface area contributed by atoms with Gasteiger partial charge in [0.15, 0.2) is 0 Å². The van der Waals surface area contributed by atoms with Gasteiger partial charge in [-0.2, -0.15) is 8.42 Å². The third-order valence-corrected chi connectivity index (χ3v) is 4.60. The van der Waals surface area contributed by atoms with E-state index in [0.29, 0.717) is 11.5 Å². The van der Waals surface area contributed by atoms with Crippen molar-refractivity contribution in [3.05, 3.63) is 24.3 Å². The number of nitrogens with zero attached hydrogens (tertiary/aromatic N) is 3. The number of rotatable bonds is 2. The van der Waals surface area contributed by atoms with Crippen molar-refractivity contribution in [2.45, 2.75) is 11.7 Å². The lowest BCUT2D eigenvalue weighted by Gasteiger charge is -2.14. The van der Waals surface area contributed by atoms with Gasteiger partial charge in [0.2, 0.25) is 11.9 Å². The lowest BCUT2D eigenvalue weighted by molar-refractivity contribution is -0.117. The zero-order valence-electron chi connectivity index (χ0n) is 10.7. The number of halogens is 1. The first-order valence-corrected chi connectivity index (χ1v) is 7.48. The summed E-state index contributed by atoms with van der Waals surface area (Å²) in [6, 6.07) is 7.30. The van der Waals surface area contributed by atoms with E-state index in [9.17, 15) is 17.1 Å². The Bertz CT molecular complexity index is 799. The number of aromatic nitrogens is 2. The highest BCUT2D eigenvalue weighted by molar-refractivity contribution is 7.87. The Morgan fingerprint density at radius 2 is 2.05 bits per heavy atom. The van der Waals surface area contributed by atoms with E-state index in [1.54, 1.807) is 17.7 Å². The second-order valence-electron chi connectivity index (χ2n) is 4.77. The monoisotopic (exact) mass is 297 g/mol. The molecule has 1 amide bonds. The number of carbonyl (C=O) groups is 1. The molecule has 0 aliphatic carbocycles. The van der Waals surface area contributed by atoms with Crippen LogP contribution in [0, 0.1) is 0 Å². The van der Waals surface area contributed by atoms with E-state index in [2.05, 4.69) is 4.98 Å². The summed E-state index contributed by atoms with van der Waals surface area (Å²) < 4.78 is 36.6. The van der Waals surface area contributed by atoms with Crippen molar-refractivity contribution < 1.29 is 17.1 Å². The summed E-state index contributed by atoms with van der Waals surface area (Å²) in [7, 11) is -2.99. The van der Waals surface area contributed by atoms with Gasteiger partial charge in [-0.25, -0.2) is 4.98 Å². The van der Waals surface area contributed by atoms with Gasteiger partial charge in [0.25, 0.3) is 0 Å². The van der Waals surface area contributed by atoms with Crippen molar-refractivity contribution in [3.8, 4) is 0 Å². The molecule has 1 aliphatic rings. The fraction of sp³-hybridized carbons (Fsp3) is 0.333. The maximum Gasteiger partial charge on any atom is 0.307 e. The minimum absolute atomic E-state index is 0.200. The molecular formula is C12H12FN3O3S. The van der Waals surface area contributed by atoms with Crippen molar-refractivity contribution in [2.24, 2.45) is 7.05 Å². The van der Waals surface area contributed by atoms with Crippen LogP contribution in [-0.2, 0) is 22.1 Å². The number of imidazole rings is 1. The van der Waals surface area contributed by atoms with E-state index in [1.807, 2.05) is 18.2 Å². The third kappa shape index (κ3) is 1.96. The van der Waals surface area contributed by atoms with Crippen molar-refractivity contribution in [1.82, 2.24) is 9.55 Å². The summed E-state index contributed by atoms with van der Waals surface area (Å²) in [6.07, 6.45) is -0.345. The number of anilines is 1. The summed E-state index contributed by atoms with van der Waals surface area (Å²) >= 11 is 0. The predicted molar refractivity (Wildman–Crippen MR) is 71.5 cm³/mol. The second-order valence-corrected chi connectivity index (χ2v) is 6.38. The second kappa shape index (κ2) is 4.27. The van der Waals surface area contributed by atoms with Crippen LogP contribution in [0.2, 0.25) is 0 Å². The van der Waals surface area contributed by atoms with Gasteiger partial charge in [-0.3, -0.25) is 9.69 Å². The van der Waals surface area contributed by atoms with E-state index in [4.69, 9.17) is 0 Å². The van der Waals surface area contributed by atoms with Gasteiger partial charge in [-0.1, -0.05) is 12.1 Å². The summed E-state index contributed by atoms with van der Waals surface area (Å²) in [5, 5.41) is -1.31. The van der Waals surface area contributed by atoms with Crippen LogP contribution in [0.1, 0.15) is 6.42 Å². The van der Waals surface area contributed by atoms with Gasteiger partial charge in [0.1, 0.15) is 5.25 Å². The molecule has 0 radical (unpaired) electrons. The molecule has 0 saturated carbocycles. The molecule has 1 aromatic heterocycles. The van der Waals surface area contributed by atoms with E-state index in [1.165, 1.54) is 4.90 Å². The zero-order chi connectivity index (χ0) is 14.5. The Labute approximate surface area is 115 Å². The molecular weight excluding hydrogens is 285 g/mol. The number of hydrogen-bond acceptors (Lipinski definition) is 4. The molecule has 20 heavy (non-hydrogen) atoms. The summed E-state index contributed by atoms with van der Waals surface area (Å²) in [4.78, 5) is 17.4. The molecule has 1 aromatic carbocycles. The fourth-order valence-electron chi connectivity index (χ4n) is 2.43. The highest BCUT2D eigenvalue weighted by atomic mass is 32.3. The van der Waals surface area contributed by atoms with Crippen LogP contribution in [0.25, 0.3) is 11.0 Å². The number of para-hydroxylation sites is 2. The van der Waals surface area contributed by atoms with Crippen molar-refractivity contribution in [1.29, 1.82) is 0 Å². The molecule has 1 fully saturated rings. The van der Waals surface area contributed by atoms with Crippen LogP contribution >= 0.6 is 0 Å². The molecule has 1 saturated heterocycles. The summed E-state index contributed by atoms with van der Waals surface area (Å²) in [5.74, 6) is -0.100. The largest absolute Gasteiger partial charge is 0.313 e. The first-order chi connectivity index (χ1) is 9.38. The smallest absolute Gasteiger partial charge is 0.307 e. The Balaban J connectivity index is 2.04. The SMILES string of the molecule is Cn1c(N2CC(S(=O)(=O)F)CC2=O)nc2ccccc21. The summed E-state index contributed by atoms with van der Waals surface area (Å²) in [6.45, 7) is -0.200. The Hall–Kier alpha value is -1.96. The molecule has 1 unspecified atom stereocenters. The van der Waals surface area contributed by atoms with Gasteiger partial charge in [-0.15, -0.1) is 3.89 Å². The van der Waals surface area contributed by atoms with Gasteiger partial charge >= 0.3 is 10.2 Å². The van der Waals surface area contributed by atoms with Crippen LogP contribution in [0.15, 0.2) is 24.3 Å². The number of hydrogen-bond donors (Lipinski definition) is 0. The average molecular weight is 297 g/mol. The standard InChI is InChI=1S/C12H12FN3O3S/c1-15-10-5-3-2-4-9(10)14-12(15)16-7-8(6-11(16)17)20(13,18)19/h2-5,8H,6-7H2,1H3. The van der Waals surface area contributed by atoms with Gasteiger partial charge in [0, 0.05) is 20.0 Å². The number of amides is 1. The fourth-order valence-corrected chi connectivity index (χ4v) is 3.10. The minimum Gasteiger partial charge on any atom is -0.313 e. The molecule has 0 bridgehead atoms. The third-order valence-electron chi connectivity index (χ3n) is 3.49. The molecule has 1 aliphatic heterocycles. The van der Waals surface area contributed by atoms with Crippen molar-refractivity contribution in [2.75, 3.05) is 11.4 Å². The van der Waals surface area contributed by atoms with E-state index in [0.717, 1.165) is 5.52 Å². The average Bonchev–Trinajstić information content (AvgIpc) is 2.91. The normalized spacial score (nSPS) is 20.0. The van der Waals surface area contributed by atoms with Crippen LogP contribution in [0.4, 0.5) is 9.83 Å². The van der Waals surface area contributed by atoms with E-state index < -0.39 is 21.4 Å². The quantitative estimate of drug-likeness (QED) is 0.775. The lowest BCUT2D eigenvalue weighted by atomic mass is 10.3. The number of carbonyl (C=O) groups excluding carboxylic acids is 1. The van der Waals surface area contributed by atoms with Gasteiger partial charge < -0.3 is 4.57 Å². The first-order valence-electron chi connectivity index (χ1n) is 6.03. The molecule has 8 heteroatoms. The molecule has 2 heterocycles. The highest BCUT2D eigenvalue weighted by Gasteiger charge is 2.40. The van der Waals surface area contributed by atoms with E-state index >= 15 is 0 Å². The first kappa shape index (κ1) is 13.0. The van der Waals surface area contributed by atoms with Crippen LogP contribution in [0.5, 0.6) is 0 Å². The number of aryl methyl sites for hydroxylation is 1. The number of fused-ring (bicyclic) bond motifs is 1. The molecule has 6 nitrogen and oxygen atoms in total. The molecule has 0 N–H and O–H groups in total. The molecule has 2 aromatic rings. The maximum atomic E-state index is 13.0. The van der Waals surface area contributed by atoms with Crippen molar-refractivity contribution >= 4 is 33.1 Å². The van der Waals surface area contributed by atoms with Gasteiger partial charge in [0.05, 0.1) is 11.0 Å². The van der Waals surface area contributed by atoms with Crippen LogP contribution in [0.3, 0.4) is 0 Å². The molecule has 0 spiro atoms. The molecule has 1 atom stereocenters. The molecule has 3 rings (SSSR count). The topological polar surface area (TPSA) is 72.3 Å². The van der Waals surface area contributed by atoms with Crippen LogP contribution < -0.4 is 4.90 Å². The zero-order valence-corrected chi connectivity index (χ0v) is 11.5. The van der Waals surface area contributed by atoms with Gasteiger partial charge in [-0.05, 0) is 12.1 Å². The van der Waals surface area contributed by atoms with Crippen molar-refractivity contribution in [3.63, 3.8) is 0 Å². The number of benzene rings is 1. The minimum atomic E-state index is -4.72. The van der Waals surface area contributed by atoms with E-state index in [-0.39, 0.29) is 13.0 Å². The maximum absolute atomic E-state index is 13.0. The lowest BCUT2D eigenvalue weighted by Crippen LogP contribution is -2.29. The highest BCUT2D eigenvalue weighted by Crippen LogP contribution is 2.27. The predicted octanol–water partition coefficient (Wildman–Crippen LogP) is 0.978. The Morgan fingerprint density at radius 3 is 2.65 bits per heavy atom. The Kier molecular flexibility index (Phi) is 2.79. The Morgan fingerprint density at radius 1 is 1.35 bits per heavy atom. The molecule has 106 valence electrons.